The topological polar surface area (TPSA) is 66.9 Å². The van der Waals surface area contributed by atoms with Crippen molar-refractivity contribution in [2.24, 2.45) is 0 Å². The van der Waals surface area contributed by atoms with Gasteiger partial charge in [-0.05, 0) is 37.1 Å². The third-order valence-corrected chi connectivity index (χ3v) is 5.92. The number of benzene rings is 1. The molecule has 0 saturated carbocycles. The molecule has 7 heteroatoms. The molecule has 2 fully saturated rings. The fourth-order valence-electron chi connectivity index (χ4n) is 2.80. The van der Waals surface area contributed by atoms with Gasteiger partial charge < -0.3 is 9.64 Å². The standard InChI is InChI=1S/C15H20N2O4S/c18-15(16-8-10-21-11-9-16)13-3-5-14(6-4-13)17-7-1-2-12-22(17,19)20/h3-6H,1-2,7-12H2. The molecule has 0 aliphatic carbocycles. The van der Waals surface area contributed by atoms with Gasteiger partial charge in [-0.25, -0.2) is 8.42 Å². The Balaban J connectivity index is 1.76. The van der Waals surface area contributed by atoms with E-state index in [1.165, 1.54) is 4.31 Å². The van der Waals surface area contributed by atoms with Gasteiger partial charge >= 0.3 is 0 Å². The van der Waals surface area contributed by atoms with E-state index in [4.69, 9.17) is 4.74 Å². The number of carbonyl (C=O) groups excluding carboxylic acids is 1. The van der Waals surface area contributed by atoms with Crippen LogP contribution in [0, 0.1) is 0 Å². The van der Waals surface area contributed by atoms with Crippen LogP contribution in [0.15, 0.2) is 24.3 Å². The van der Waals surface area contributed by atoms with Gasteiger partial charge in [0.05, 0.1) is 24.7 Å². The predicted molar refractivity (Wildman–Crippen MR) is 83.5 cm³/mol. The quantitative estimate of drug-likeness (QED) is 0.817. The molecule has 0 aromatic heterocycles. The van der Waals surface area contributed by atoms with Crippen LogP contribution < -0.4 is 4.31 Å². The van der Waals surface area contributed by atoms with E-state index < -0.39 is 10.0 Å². The second-order valence-corrected chi connectivity index (χ2v) is 7.56. The third-order valence-electron chi connectivity index (χ3n) is 4.05. The summed E-state index contributed by atoms with van der Waals surface area (Å²) in [6.45, 7) is 2.84. The van der Waals surface area contributed by atoms with Gasteiger partial charge in [0.2, 0.25) is 10.0 Å². The van der Waals surface area contributed by atoms with Crippen LogP contribution >= 0.6 is 0 Å². The molecule has 0 radical (unpaired) electrons. The summed E-state index contributed by atoms with van der Waals surface area (Å²) in [5.41, 5.74) is 1.22. The fourth-order valence-corrected chi connectivity index (χ4v) is 4.44. The lowest BCUT2D eigenvalue weighted by atomic mass is 10.1. The minimum Gasteiger partial charge on any atom is -0.378 e. The molecule has 2 aliphatic rings. The van der Waals surface area contributed by atoms with Crippen molar-refractivity contribution in [1.29, 1.82) is 0 Å². The molecule has 1 amide bonds. The van der Waals surface area contributed by atoms with Gasteiger partial charge in [-0.2, -0.15) is 0 Å². The van der Waals surface area contributed by atoms with E-state index in [-0.39, 0.29) is 11.7 Å². The van der Waals surface area contributed by atoms with Gasteiger partial charge in [-0.15, -0.1) is 0 Å². The summed E-state index contributed by atoms with van der Waals surface area (Å²) in [5.74, 6) is 0.165. The number of ether oxygens (including phenoxy) is 1. The maximum absolute atomic E-state index is 12.4. The Hall–Kier alpha value is -1.60. The van der Waals surface area contributed by atoms with E-state index in [9.17, 15) is 13.2 Å². The third kappa shape index (κ3) is 3.10. The summed E-state index contributed by atoms with van der Waals surface area (Å²) in [6, 6.07) is 6.85. The summed E-state index contributed by atoms with van der Waals surface area (Å²) in [5, 5.41) is 0. The Kier molecular flexibility index (Phi) is 4.35. The monoisotopic (exact) mass is 324 g/mol. The van der Waals surface area contributed by atoms with Crippen molar-refractivity contribution in [3.8, 4) is 0 Å². The van der Waals surface area contributed by atoms with Crippen LogP contribution in [0.25, 0.3) is 0 Å². The lowest BCUT2D eigenvalue weighted by molar-refractivity contribution is 0.0303. The summed E-state index contributed by atoms with van der Waals surface area (Å²) in [6.07, 6.45) is 1.58. The molecule has 2 saturated heterocycles. The minimum absolute atomic E-state index is 0.0312. The Morgan fingerprint density at radius 1 is 1.00 bits per heavy atom. The van der Waals surface area contributed by atoms with Gasteiger partial charge in [0.15, 0.2) is 0 Å². The van der Waals surface area contributed by atoms with Crippen LogP contribution in [0.2, 0.25) is 0 Å². The normalized spacial score (nSPS) is 21.6. The predicted octanol–water partition coefficient (Wildman–Crippen LogP) is 1.09. The van der Waals surface area contributed by atoms with E-state index in [0.29, 0.717) is 50.5 Å². The fraction of sp³-hybridized carbons (Fsp3) is 0.533. The van der Waals surface area contributed by atoms with Crippen molar-refractivity contribution in [3.05, 3.63) is 29.8 Å². The van der Waals surface area contributed by atoms with Crippen LogP contribution in [-0.4, -0.2) is 57.8 Å². The zero-order valence-corrected chi connectivity index (χ0v) is 13.2. The van der Waals surface area contributed by atoms with E-state index in [1.54, 1.807) is 29.2 Å². The summed E-state index contributed by atoms with van der Waals surface area (Å²) in [4.78, 5) is 14.1. The van der Waals surface area contributed by atoms with Crippen LogP contribution in [0.5, 0.6) is 0 Å². The van der Waals surface area contributed by atoms with Crippen LogP contribution in [0.4, 0.5) is 5.69 Å². The first kappa shape index (κ1) is 15.3. The smallest absolute Gasteiger partial charge is 0.254 e. The molecule has 120 valence electrons. The van der Waals surface area contributed by atoms with Crippen LogP contribution in [-0.2, 0) is 14.8 Å². The largest absolute Gasteiger partial charge is 0.378 e. The zero-order valence-electron chi connectivity index (χ0n) is 12.4. The maximum Gasteiger partial charge on any atom is 0.254 e. The molecular formula is C15H20N2O4S. The molecule has 3 rings (SSSR count). The van der Waals surface area contributed by atoms with Gasteiger partial charge in [0, 0.05) is 25.2 Å². The number of sulfonamides is 1. The van der Waals surface area contributed by atoms with Gasteiger partial charge in [-0.3, -0.25) is 9.10 Å². The Labute approximate surface area is 130 Å². The van der Waals surface area contributed by atoms with E-state index >= 15 is 0 Å². The molecule has 22 heavy (non-hydrogen) atoms. The average Bonchev–Trinajstić information content (AvgIpc) is 2.55. The van der Waals surface area contributed by atoms with Crippen molar-refractivity contribution in [2.75, 3.05) is 42.9 Å². The Morgan fingerprint density at radius 2 is 1.68 bits per heavy atom. The first-order valence-corrected chi connectivity index (χ1v) is 9.16. The summed E-state index contributed by atoms with van der Waals surface area (Å²) in [7, 11) is -3.21. The van der Waals surface area contributed by atoms with Gasteiger partial charge in [0.1, 0.15) is 0 Å². The number of carbonyl (C=O) groups is 1. The number of rotatable bonds is 2. The highest BCUT2D eigenvalue weighted by molar-refractivity contribution is 7.92. The second kappa shape index (κ2) is 6.26. The lowest BCUT2D eigenvalue weighted by Crippen LogP contribution is -2.40. The van der Waals surface area contributed by atoms with Gasteiger partial charge in [0.25, 0.3) is 5.91 Å². The summed E-state index contributed by atoms with van der Waals surface area (Å²) < 4.78 is 30.9. The zero-order chi connectivity index (χ0) is 15.6. The molecule has 0 atom stereocenters. The molecule has 0 unspecified atom stereocenters. The average molecular weight is 324 g/mol. The number of hydrogen-bond acceptors (Lipinski definition) is 4. The number of amides is 1. The van der Waals surface area contributed by atoms with Crippen molar-refractivity contribution in [2.45, 2.75) is 12.8 Å². The highest BCUT2D eigenvalue weighted by Crippen LogP contribution is 2.24. The first-order valence-electron chi connectivity index (χ1n) is 7.55. The molecular weight excluding hydrogens is 304 g/mol. The highest BCUT2D eigenvalue weighted by atomic mass is 32.2. The molecule has 1 aromatic rings. The lowest BCUT2D eigenvalue weighted by Gasteiger charge is -2.29. The number of anilines is 1. The van der Waals surface area contributed by atoms with Gasteiger partial charge in [-0.1, -0.05) is 0 Å². The van der Waals surface area contributed by atoms with Crippen LogP contribution in [0.1, 0.15) is 23.2 Å². The summed E-state index contributed by atoms with van der Waals surface area (Å²) >= 11 is 0. The number of morpholine rings is 1. The first-order chi connectivity index (χ1) is 10.6. The molecule has 1 aromatic carbocycles. The van der Waals surface area contributed by atoms with E-state index in [2.05, 4.69) is 0 Å². The van der Waals surface area contributed by atoms with E-state index in [0.717, 1.165) is 6.42 Å². The molecule has 0 spiro atoms. The molecule has 2 aliphatic heterocycles. The van der Waals surface area contributed by atoms with Crippen molar-refractivity contribution < 1.29 is 17.9 Å². The minimum atomic E-state index is -3.21. The second-order valence-electron chi connectivity index (χ2n) is 5.55. The van der Waals surface area contributed by atoms with Crippen molar-refractivity contribution in [3.63, 3.8) is 0 Å². The van der Waals surface area contributed by atoms with E-state index in [1.807, 2.05) is 0 Å². The molecule has 2 heterocycles. The van der Waals surface area contributed by atoms with Crippen molar-refractivity contribution >= 4 is 21.6 Å². The molecule has 0 N–H and O–H groups in total. The van der Waals surface area contributed by atoms with Crippen LogP contribution in [0.3, 0.4) is 0 Å². The number of hydrogen-bond donors (Lipinski definition) is 0. The van der Waals surface area contributed by atoms with Crippen molar-refractivity contribution in [1.82, 2.24) is 4.90 Å². The molecule has 6 nitrogen and oxygen atoms in total. The Morgan fingerprint density at radius 3 is 2.32 bits per heavy atom. The highest BCUT2D eigenvalue weighted by Gasteiger charge is 2.26. The maximum atomic E-state index is 12.4. The number of nitrogens with zero attached hydrogens (tertiary/aromatic N) is 2. The SMILES string of the molecule is O=C(c1ccc(N2CCCCS2(=O)=O)cc1)N1CCOCC1. The molecule has 0 bridgehead atoms. The Bertz CT molecular complexity index is 636.